The van der Waals surface area contributed by atoms with Gasteiger partial charge in [-0.1, -0.05) is 12.1 Å². The Morgan fingerprint density at radius 1 is 1.31 bits per heavy atom. The summed E-state index contributed by atoms with van der Waals surface area (Å²) in [4.78, 5) is 26.1. The highest BCUT2D eigenvalue weighted by Gasteiger charge is 2.32. The molecule has 1 aromatic carbocycles. The van der Waals surface area contributed by atoms with Crippen molar-refractivity contribution in [2.24, 2.45) is 0 Å². The fraction of sp³-hybridized carbons (Fsp3) is 0.316. The van der Waals surface area contributed by atoms with Crippen LogP contribution in [-0.4, -0.2) is 41.1 Å². The molecule has 1 heterocycles. The summed E-state index contributed by atoms with van der Waals surface area (Å²) in [5.74, 6) is 0.176. The lowest BCUT2D eigenvalue weighted by molar-refractivity contribution is -0.128. The van der Waals surface area contributed by atoms with E-state index in [4.69, 9.17) is 21.7 Å². The maximum absolute atomic E-state index is 12.6. The van der Waals surface area contributed by atoms with Crippen LogP contribution < -0.4 is 14.8 Å². The fourth-order valence-corrected chi connectivity index (χ4v) is 2.64. The summed E-state index contributed by atoms with van der Waals surface area (Å²) in [6.45, 7) is 10.0. The van der Waals surface area contributed by atoms with E-state index in [1.165, 1.54) is 11.0 Å². The van der Waals surface area contributed by atoms with Gasteiger partial charge in [0.05, 0.1) is 12.7 Å². The molecule has 26 heavy (non-hydrogen) atoms. The van der Waals surface area contributed by atoms with E-state index in [9.17, 15) is 9.59 Å². The Morgan fingerprint density at radius 3 is 2.65 bits per heavy atom. The minimum absolute atomic E-state index is 0.000395. The van der Waals surface area contributed by atoms with Crippen LogP contribution in [0.5, 0.6) is 11.5 Å². The molecule has 6 nitrogen and oxygen atoms in total. The molecule has 0 aromatic heterocycles. The number of benzene rings is 1. The first-order chi connectivity index (χ1) is 12.4. The van der Waals surface area contributed by atoms with Crippen LogP contribution in [0, 0.1) is 0 Å². The van der Waals surface area contributed by atoms with Crippen molar-refractivity contribution in [3.8, 4) is 11.5 Å². The number of nitrogens with one attached hydrogen (secondary N) is 1. The molecule has 1 fully saturated rings. The molecule has 0 unspecified atom stereocenters. The molecule has 0 atom stereocenters. The van der Waals surface area contributed by atoms with Crippen molar-refractivity contribution in [1.29, 1.82) is 0 Å². The molecule has 7 heteroatoms. The topological polar surface area (TPSA) is 67.9 Å². The molecule has 0 radical (unpaired) electrons. The molecule has 2 rings (SSSR count). The number of ether oxygens (including phenoxy) is 2. The van der Waals surface area contributed by atoms with Crippen molar-refractivity contribution in [2.75, 3.05) is 13.2 Å². The van der Waals surface area contributed by atoms with Gasteiger partial charge in [0.2, 0.25) is 0 Å². The normalized spacial score (nSPS) is 16.1. The average molecular weight is 374 g/mol. The summed E-state index contributed by atoms with van der Waals surface area (Å²) in [5.41, 5.74) is 0.648. The minimum Gasteiger partial charge on any atom is -0.490 e. The third kappa shape index (κ3) is 4.49. The molecule has 1 aromatic rings. The Hall–Kier alpha value is -2.67. The van der Waals surface area contributed by atoms with Crippen LogP contribution in [-0.2, 0) is 9.59 Å². The van der Waals surface area contributed by atoms with Gasteiger partial charge in [-0.05, 0) is 56.8 Å². The van der Waals surface area contributed by atoms with Gasteiger partial charge in [-0.25, -0.2) is 0 Å². The van der Waals surface area contributed by atoms with E-state index >= 15 is 0 Å². The smallest absolute Gasteiger partial charge is 0.265 e. The molecule has 0 spiro atoms. The maximum atomic E-state index is 12.6. The first kappa shape index (κ1) is 19.7. The number of hydrogen-bond acceptors (Lipinski definition) is 5. The van der Waals surface area contributed by atoms with E-state index < -0.39 is 11.8 Å². The van der Waals surface area contributed by atoms with Gasteiger partial charge in [0.15, 0.2) is 16.6 Å². The van der Waals surface area contributed by atoms with E-state index in [1.54, 1.807) is 24.3 Å². The number of rotatable bonds is 7. The molecule has 138 valence electrons. The van der Waals surface area contributed by atoms with Crippen molar-refractivity contribution in [3.05, 3.63) is 42.0 Å². The number of hydrogen-bond donors (Lipinski definition) is 1. The average Bonchev–Trinajstić information content (AvgIpc) is 2.57. The van der Waals surface area contributed by atoms with Gasteiger partial charge < -0.3 is 9.47 Å². The molecule has 1 saturated heterocycles. The quantitative estimate of drug-likeness (QED) is 0.344. The summed E-state index contributed by atoms with van der Waals surface area (Å²) in [7, 11) is 0. The highest BCUT2D eigenvalue weighted by atomic mass is 32.1. The van der Waals surface area contributed by atoms with Gasteiger partial charge in [0, 0.05) is 6.54 Å². The lowest BCUT2D eigenvalue weighted by atomic mass is 10.1. The standard InChI is InChI=1S/C19H22N2O4S/c1-5-9-21-18(23)14(17(22)20-19(21)26)10-13-7-8-15(25-12(3)4)16(11-13)24-6-2/h5,7-8,10-12H,1,6,9H2,2-4H3,(H,20,22,26)/b14-10+. The fourth-order valence-electron chi connectivity index (χ4n) is 2.39. The molecule has 0 bridgehead atoms. The van der Waals surface area contributed by atoms with Crippen molar-refractivity contribution in [2.45, 2.75) is 26.9 Å². The number of nitrogens with zero attached hydrogens (tertiary/aromatic N) is 1. The molecule has 1 N–H and O–H groups in total. The van der Waals surface area contributed by atoms with Gasteiger partial charge in [-0.15, -0.1) is 6.58 Å². The molecular formula is C19H22N2O4S. The lowest BCUT2D eigenvalue weighted by Crippen LogP contribution is -2.53. The summed E-state index contributed by atoms with van der Waals surface area (Å²) < 4.78 is 11.3. The van der Waals surface area contributed by atoms with Crippen molar-refractivity contribution < 1.29 is 19.1 Å². The summed E-state index contributed by atoms with van der Waals surface area (Å²) >= 11 is 5.04. The Kier molecular flexibility index (Phi) is 6.52. The highest BCUT2D eigenvalue weighted by molar-refractivity contribution is 7.80. The molecule has 0 aliphatic carbocycles. The van der Waals surface area contributed by atoms with Gasteiger partial charge in [0.1, 0.15) is 5.57 Å². The predicted molar refractivity (Wildman–Crippen MR) is 104 cm³/mol. The molecule has 0 saturated carbocycles. The van der Waals surface area contributed by atoms with Gasteiger partial charge in [-0.3, -0.25) is 19.8 Å². The SMILES string of the molecule is C=CCN1C(=O)/C(=C/c2ccc(OC(C)C)c(OCC)c2)C(=O)NC1=S. The number of amides is 2. The van der Waals surface area contributed by atoms with Crippen LogP contribution in [0.3, 0.4) is 0 Å². The Labute approximate surface area is 158 Å². The van der Waals surface area contributed by atoms with Crippen LogP contribution in [0.4, 0.5) is 0 Å². The molecule has 1 aliphatic heterocycles. The van der Waals surface area contributed by atoms with E-state index in [-0.39, 0.29) is 23.3 Å². The van der Waals surface area contributed by atoms with Gasteiger partial charge >= 0.3 is 0 Å². The van der Waals surface area contributed by atoms with Gasteiger partial charge in [-0.2, -0.15) is 0 Å². The Balaban J connectivity index is 2.38. The number of carbonyl (C=O) groups is 2. The van der Waals surface area contributed by atoms with E-state index in [2.05, 4.69) is 11.9 Å². The molecular weight excluding hydrogens is 352 g/mol. The zero-order valence-corrected chi connectivity index (χ0v) is 15.9. The Morgan fingerprint density at radius 2 is 2.04 bits per heavy atom. The second-order valence-corrected chi connectivity index (χ2v) is 6.21. The summed E-state index contributed by atoms with van der Waals surface area (Å²) in [6.07, 6.45) is 3.06. The van der Waals surface area contributed by atoms with E-state index in [0.717, 1.165) is 0 Å². The summed E-state index contributed by atoms with van der Waals surface area (Å²) in [5, 5.41) is 2.59. The van der Waals surface area contributed by atoms with Crippen molar-refractivity contribution in [1.82, 2.24) is 10.2 Å². The minimum atomic E-state index is -0.527. The molecule has 2 amide bonds. The number of thiocarbonyl (C=S) groups is 1. The first-order valence-electron chi connectivity index (χ1n) is 8.30. The monoisotopic (exact) mass is 374 g/mol. The third-order valence-corrected chi connectivity index (χ3v) is 3.76. The van der Waals surface area contributed by atoms with Crippen LogP contribution in [0.25, 0.3) is 6.08 Å². The summed E-state index contributed by atoms with van der Waals surface area (Å²) in [6, 6.07) is 5.26. The van der Waals surface area contributed by atoms with E-state index in [1.807, 2.05) is 20.8 Å². The van der Waals surface area contributed by atoms with Crippen molar-refractivity contribution >= 4 is 35.2 Å². The van der Waals surface area contributed by atoms with Gasteiger partial charge in [0.25, 0.3) is 11.8 Å². The number of carbonyl (C=O) groups excluding carboxylic acids is 2. The first-order valence-corrected chi connectivity index (χ1v) is 8.71. The second-order valence-electron chi connectivity index (χ2n) is 5.83. The van der Waals surface area contributed by atoms with E-state index in [0.29, 0.717) is 23.7 Å². The maximum Gasteiger partial charge on any atom is 0.265 e. The second kappa shape index (κ2) is 8.62. The van der Waals surface area contributed by atoms with Crippen molar-refractivity contribution in [3.63, 3.8) is 0 Å². The highest BCUT2D eigenvalue weighted by Crippen LogP contribution is 2.30. The third-order valence-electron chi connectivity index (χ3n) is 3.44. The van der Waals surface area contributed by atoms with Crippen LogP contribution in [0.15, 0.2) is 36.4 Å². The van der Waals surface area contributed by atoms with Crippen LogP contribution in [0.1, 0.15) is 26.3 Å². The largest absolute Gasteiger partial charge is 0.490 e. The predicted octanol–water partition coefficient (Wildman–Crippen LogP) is 2.69. The zero-order valence-electron chi connectivity index (χ0n) is 15.1. The lowest BCUT2D eigenvalue weighted by Gasteiger charge is -2.27. The zero-order chi connectivity index (χ0) is 19.3. The molecule has 1 aliphatic rings. The Bertz CT molecular complexity index is 771. The van der Waals surface area contributed by atoms with Crippen LogP contribution >= 0.6 is 12.2 Å². The van der Waals surface area contributed by atoms with Crippen LogP contribution in [0.2, 0.25) is 0 Å².